The quantitative estimate of drug-likeness (QED) is 0.490. The molecule has 30 heavy (non-hydrogen) atoms. The van der Waals surface area contributed by atoms with Crippen LogP contribution in [0.2, 0.25) is 10.0 Å². The molecule has 1 N–H and O–H groups in total. The van der Waals surface area contributed by atoms with Crippen molar-refractivity contribution in [3.8, 4) is 0 Å². The molecule has 7 heteroatoms. The molecule has 0 radical (unpaired) electrons. The molecule has 4 nitrogen and oxygen atoms in total. The number of rotatable bonds is 10. The summed E-state index contributed by atoms with van der Waals surface area (Å²) in [5.74, 6) is -0.760. The van der Waals surface area contributed by atoms with E-state index < -0.39 is 6.04 Å². The van der Waals surface area contributed by atoms with Gasteiger partial charge < -0.3 is 10.2 Å². The van der Waals surface area contributed by atoms with E-state index in [9.17, 15) is 14.0 Å². The minimum Gasteiger partial charge on any atom is -0.354 e. The van der Waals surface area contributed by atoms with Crippen molar-refractivity contribution in [2.75, 3.05) is 6.54 Å². The van der Waals surface area contributed by atoms with E-state index in [1.165, 1.54) is 12.1 Å². The largest absolute Gasteiger partial charge is 0.354 e. The van der Waals surface area contributed by atoms with Crippen LogP contribution in [0, 0.1) is 5.82 Å². The van der Waals surface area contributed by atoms with Gasteiger partial charge in [0, 0.05) is 13.1 Å². The van der Waals surface area contributed by atoms with Crippen LogP contribution in [0.25, 0.3) is 0 Å². The summed E-state index contributed by atoms with van der Waals surface area (Å²) in [5, 5.41) is 3.73. The van der Waals surface area contributed by atoms with Gasteiger partial charge in [0.25, 0.3) is 0 Å². The Morgan fingerprint density at radius 1 is 1.03 bits per heavy atom. The number of carbonyl (C=O) groups is 2. The van der Waals surface area contributed by atoms with Crippen LogP contribution >= 0.6 is 23.2 Å². The minimum atomic E-state index is -0.621. The number of unbranched alkanes of at least 4 members (excludes halogenated alkanes) is 1. The van der Waals surface area contributed by atoms with Crippen LogP contribution in [0.1, 0.15) is 44.2 Å². The number of carbonyl (C=O) groups excluding carboxylic acids is 2. The number of hydrogen-bond acceptors (Lipinski definition) is 2. The average molecular weight is 453 g/mol. The molecule has 2 amide bonds. The van der Waals surface area contributed by atoms with Crippen molar-refractivity contribution in [2.45, 2.75) is 52.1 Å². The Morgan fingerprint density at radius 2 is 1.70 bits per heavy atom. The lowest BCUT2D eigenvalue weighted by atomic mass is 10.1. The number of halogens is 3. The Kier molecular flexibility index (Phi) is 9.60. The molecule has 162 valence electrons. The van der Waals surface area contributed by atoms with Gasteiger partial charge in [-0.2, -0.15) is 0 Å². The van der Waals surface area contributed by atoms with Gasteiger partial charge in [0.15, 0.2) is 0 Å². The van der Waals surface area contributed by atoms with Crippen LogP contribution in [0.3, 0.4) is 0 Å². The molecule has 0 aromatic heterocycles. The molecule has 0 aliphatic heterocycles. The molecular weight excluding hydrogens is 426 g/mol. The lowest BCUT2D eigenvalue weighted by Gasteiger charge is -2.31. The van der Waals surface area contributed by atoms with E-state index in [2.05, 4.69) is 5.32 Å². The van der Waals surface area contributed by atoms with Gasteiger partial charge in [-0.25, -0.2) is 4.39 Å². The van der Waals surface area contributed by atoms with Crippen molar-refractivity contribution in [2.24, 2.45) is 0 Å². The second kappa shape index (κ2) is 11.9. The third-order valence-electron chi connectivity index (χ3n) is 4.82. The molecule has 0 saturated heterocycles. The Balaban J connectivity index is 2.26. The summed E-state index contributed by atoms with van der Waals surface area (Å²) in [6, 6.07) is 10.3. The fourth-order valence-electron chi connectivity index (χ4n) is 3.14. The maximum Gasteiger partial charge on any atom is 0.242 e. The minimum absolute atomic E-state index is 0.0698. The monoisotopic (exact) mass is 452 g/mol. The first-order valence-corrected chi connectivity index (χ1v) is 10.9. The molecule has 2 aromatic rings. The topological polar surface area (TPSA) is 49.4 Å². The average Bonchev–Trinajstić information content (AvgIpc) is 2.72. The molecule has 2 aromatic carbocycles. The van der Waals surface area contributed by atoms with Gasteiger partial charge in [0.2, 0.25) is 11.8 Å². The summed E-state index contributed by atoms with van der Waals surface area (Å²) < 4.78 is 13.2. The van der Waals surface area contributed by atoms with E-state index in [0.717, 1.165) is 18.4 Å². The van der Waals surface area contributed by atoms with Gasteiger partial charge >= 0.3 is 0 Å². The van der Waals surface area contributed by atoms with Gasteiger partial charge in [-0.3, -0.25) is 9.59 Å². The van der Waals surface area contributed by atoms with Gasteiger partial charge in [-0.1, -0.05) is 61.7 Å². The molecule has 0 aliphatic rings. The second-order valence-corrected chi connectivity index (χ2v) is 7.96. The Labute approximate surface area is 187 Å². The summed E-state index contributed by atoms with van der Waals surface area (Å²) in [7, 11) is 0. The van der Waals surface area contributed by atoms with Crippen molar-refractivity contribution in [3.05, 3.63) is 69.5 Å². The van der Waals surface area contributed by atoms with Gasteiger partial charge in [0.05, 0.1) is 16.5 Å². The summed E-state index contributed by atoms with van der Waals surface area (Å²) in [6.07, 6.45) is 2.38. The second-order valence-electron chi connectivity index (χ2n) is 7.14. The summed E-state index contributed by atoms with van der Waals surface area (Å²) in [4.78, 5) is 27.5. The van der Waals surface area contributed by atoms with E-state index in [4.69, 9.17) is 23.2 Å². The highest BCUT2D eigenvalue weighted by Crippen LogP contribution is 2.24. The first kappa shape index (κ1) is 24.2. The van der Waals surface area contributed by atoms with E-state index in [1.807, 2.05) is 13.8 Å². The lowest BCUT2D eigenvalue weighted by Crippen LogP contribution is -2.49. The van der Waals surface area contributed by atoms with Crippen molar-refractivity contribution in [1.82, 2.24) is 10.2 Å². The van der Waals surface area contributed by atoms with Gasteiger partial charge in [-0.15, -0.1) is 0 Å². The number of nitrogens with zero attached hydrogens (tertiary/aromatic N) is 1. The number of benzene rings is 2. The molecule has 0 bridgehead atoms. The molecule has 1 atom stereocenters. The highest BCUT2D eigenvalue weighted by Gasteiger charge is 2.28. The zero-order chi connectivity index (χ0) is 22.1. The SMILES string of the molecule is CCCCNC(=O)[C@@H](CC)N(Cc1ccc(Cl)c(Cl)c1)C(=O)Cc1ccc(F)cc1. The standard InChI is InChI=1S/C23H27Cl2FN2O2/c1-3-5-12-27-23(30)21(4-2)28(15-17-8-11-19(24)20(25)13-17)22(29)14-16-6-9-18(26)10-7-16/h6-11,13,21H,3-5,12,14-15H2,1-2H3,(H,27,30)/t21-/m1/s1. The van der Waals surface area contributed by atoms with Gasteiger partial charge in [-0.05, 0) is 48.2 Å². The molecule has 0 saturated carbocycles. The molecule has 0 spiro atoms. The highest BCUT2D eigenvalue weighted by molar-refractivity contribution is 6.42. The van der Waals surface area contributed by atoms with Crippen LogP contribution in [0.4, 0.5) is 4.39 Å². The maximum atomic E-state index is 13.2. The third-order valence-corrected chi connectivity index (χ3v) is 5.56. The van der Waals surface area contributed by atoms with Crippen LogP contribution in [-0.2, 0) is 22.6 Å². The molecule has 0 heterocycles. The third kappa shape index (κ3) is 6.99. The number of amides is 2. The Bertz CT molecular complexity index is 859. The fourth-order valence-corrected chi connectivity index (χ4v) is 3.46. The number of hydrogen-bond donors (Lipinski definition) is 1. The van der Waals surface area contributed by atoms with Crippen molar-refractivity contribution < 1.29 is 14.0 Å². The van der Waals surface area contributed by atoms with Crippen molar-refractivity contribution in [1.29, 1.82) is 0 Å². The molecule has 0 fully saturated rings. The zero-order valence-electron chi connectivity index (χ0n) is 17.3. The van der Waals surface area contributed by atoms with Crippen LogP contribution in [0.5, 0.6) is 0 Å². The first-order chi connectivity index (χ1) is 14.3. The first-order valence-electron chi connectivity index (χ1n) is 10.1. The lowest BCUT2D eigenvalue weighted by molar-refractivity contribution is -0.140. The van der Waals surface area contributed by atoms with Crippen LogP contribution < -0.4 is 5.32 Å². The zero-order valence-corrected chi connectivity index (χ0v) is 18.8. The molecule has 0 aliphatic carbocycles. The molecule has 0 unspecified atom stereocenters. The van der Waals surface area contributed by atoms with Crippen molar-refractivity contribution in [3.63, 3.8) is 0 Å². The Morgan fingerprint density at radius 3 is 2.30 bits per heavy atom. The predicted molar refractivity (Wildman–Crippen MR) is 119 cm³/mol. The summed E-state index contributed by atoms with van der Waals surface area (Å²) in [5.41, 5.74) is 1.46. The van der Waals surface area contributed by atoms with Gasteiger partial charge in [0.1, 0.15) is 11.9 Å². The van der Waals surface area contributed by atoms with Crippen molar-refractivity contribution >= 4 is 35.0 Å². The maximum absolute atomic E-state index is 13.2. The van der Waals surface area contributed by atoms with Crippen LogP contribution in [-0.4, -0.2) is 29.3 Å². The Hall–Kier alpha value is -2.11. The normalized spacial score (nSPS) is 11.8. The highest BCUT2D eigenvalue weighted by atomic mass is 35.5. The molecular formula is C23H27Cl2FN2O2. The smallest absolute Gasteiger partial charge is 0.242 e. The summed E-state index contributed by atoms with van der Waals surface area (Å²) in [6.45, 7) is 4.71. The fraction of sp³-hybridized carbons (Fsp3) is 0.391. The molecule has 2 rings (SSSR count). The predicted octanol–water partition coefficient (Wildman–Crippen LogP) is 5.40. The number of nitrogens with one attached hydrogen (secondary N) is 1. The van der Waals surface area contributed by atoms with E-state index in [0.29, 0.717) is 28.6 Å². The summed E-state index contributed by atoms with van der Waals surface area (Å²) >= 11 is 12.1. The van der Waals surface area contributed by atoms with E-state index in [1.54, 1.807) is 35.2 Å². The van der Waals surface area contributed by atoms with E-state index in [-0.39, 0.29) is 30.6 Å². The van der Waals surface area contributed by atoms with Crippen LogP contribution in [0.15, 0.2) is 42.5 Å². The van der Waals surface area contributed by atoms with E-state index >= 15 is 0 Å².